The van der Waals surface area contributed by atoms with Crippen LogP contribution in [-0.2, 0) is 16.0 Å². The van der Waals surface area contributed by atoms with Crippen LogP contribution in [-0.4, -0.2) is 34.6 Å². The molecule has 0 aliphatic carbocycles. The molecule has 2 rings (SSSR count). The number of H-pyrrole nitrogens is 1. The van der Waals surface area contributed by atoms with Crippen LogP contribution in [0.25, 0.3) is 10.9 Å². The quantitative estimate of drug-likeness (QED) is 0.620. The smallest absolute Gasteiger partial charge is 0.326 e. The highest BCUT2D eigenvalue weighted by Crippen LogP contribution is 2.19. The van der Waals surface area contributed by atoms with Crippen LogP contribution in [0.2, 0.25) is 0 Å². The maximum Gasteiger partial charge on any atom is 0.326 e. The van der Waals surface area contributed by atoms with Gasteiger partial charge in [-0.25, -0.2) is 4.79 Å². The molecule has 1 atom stereocenters. The Kier molecular flexibility index (Phi) is 4.37. The van der Waals surface area contributed by atoms with Gasteiger partial charge < -0.3 is 21.1 Å². The molecule has 6 heteroatoms. The van der Waals surface area contributed by atoms with Gasteiger partial charge in [0.1, 0.15) is 6.04 Å². The van der Waals surface area contributed by atoms with Gasteiger partial charge in [0.2, 0.25) is 5.91 Å². The molecule has 2 aromatic rings. The number of carbonyl (C=O) groups is 2. The minimum Gasteiger partial charge on any atom is -0.480 e. The summed E-state index contributed by atoms with van der Waals surface area (Å²) in [6.45, 7) is 0.200. The van der Waals surface area contributed by atoms with E-state index in [9.17, 15) is 14.7 Å². The predicted molar refractivity (Wildman–Crippen MR) is 75.2 cm³/mol. The summed E-state index contributed by atoms with van der Waals surface area (Å²) in [5.41, 5.74) is 7.08. The molecule has 0 aliphatic rings. The molecular formula is C14H17N3O3. The maximum atomic E-state index is 11.5. The van der Waals surface area contributed by atoms with Gasteiger partial charge in [0.15, 0.2) is 0 Å². The molecule has 106 valence electrons. The number of benzene rings is 1. The monoisotopic (exact) mass is 275 g/mol. The van der Waals surface area contributed by atoms with E-state index in [-0.39, 0.29) is 25.3 Å². The number of carbonyl (C=O) groups excluding carboxylic acids is 1. The van der Waals surface area contributed by atoms with Crippen molar-refractivity contribution >= 4 is 22.8 Å². The third kappa shape index (κ3) is 3.16. The lowest BCUT2D eigenvalue weighted by atomic mass is 10.0. The number of amides is 1. The summed E-state index contributed by atoms with van der Waals surface area (Å²) in [5, 5.41) is 12.7. The largest absolute Gasteiger partial charge is 0.480 e. The first-order valence-corrected chi connectivity index (χ1v) is 6.39. The number of aliphatic carboxylic acids is 1. The van der Waals surface area contributed by atoms with Crippen LogP contribution in [0.3, 0.4) is 0 Å². The molecule has 5 N–H and O–H groups in total. The number of para-hydroxylation sites is 1. The van der Waals surface area contributed by atoms with Crippen molar-refractivity contribution in [1.82, 2.24) is 10.3 Å². The summed E-state index contributed by atoms with van der Waals surface area (Å²) >= 11 is 0. The number of aromatic nitrogens is 1. The van der Waals surface area contributed by atoms with E-state index in [0.717, 1.165) is 16.5 Å². The number of fused-ring (bicyclic) bond motifs is 1. The van der Waals surface area contributed by atoms with E-state index < -0.39 is 12.0 Å². The van der Waals surface area contributed by atoms with E-state index in [2.05, 4.69) is 10.3 Å². The summed E-state index contributed by atoms with van der Waals surface area (Å²) < 4.78 is 0. The van der Waals surface area contributed by atoms with Gasteiger partial charge in [0, 0.05) is 36.5 Å². The van der Waals surface area contributed by atoms with E-state index in [4.69, 9.17) is 5.73 Å². The highest BCUT2D eigenvalue weighted by molar-refractivity contribution is 5.86. The lowest BCUT2D eigenvalue weighted by molar-refractivity contribution is -0.141. The van der Waals surface area contributed by atoms with E-state index in [1.807, 2.05) is 24.3 Å². The zero-order valence-electron chi connectivity index (χ0n) is 10.9. The fourth-order valence-electron chi connectivity index (χ4n) is 2.12. The molecule has 0 spiro atoms. The van der Waals surface area contributed by atoms with Gasteiger partial charge in [-0.1, -0.05) is 18.2 Å². The lowest BCUT2D eigenvalue weighted by Gasteiger charge is -2.13. The zero-order valence-corrected chi connectivity index (χ0v) is 10.9. The van der Waals surface area contributed by atoms with Crippen LogP contribution in [0.1, 0.15) is 12.0 Å². The molecule has 0 aliphatic heterocycles. The van der Waals surface area contributed by atoms with Crippen molar-refractivity contribution in [2.24, 2.45) is 5.73 Å². The molecule has 0 saturated carbocycles. The first-order valence-electron chi connectivity index (χ1n) is 6.39. The number of aromatic amines is 1. The first kappa shape index (κ1) is 14.1. The molecule has 1 aromatic carbocycles. The number of rotatable bonds is 6. The van der Waals surface area contributed by atoms with Gasteiger partial charge in [0.05, 0.1) is 0 Å². The number of nitrogens with two attached hydrogens (primary N) is 1. The van der Waals surface area contributed by atoms with Gasteiger partial charge >= 0.3 is 5.97 Å². The Morgan fingerprint density at radius 1 is 1.35 bits per heavy atom. The van der Waals surface area contributed by atoms with Gasteiger partial charge in [0.25, 0.3) is 0 Å². The first-order chi connectivity index (χ1) is 9.61. The molecular weight excluding hydrogens is 258 g/mol. The average molecular weight is 275 g/mol. The Morgan fingerprint density at radius 3 is 2.80 bits per heavy atom. The topological polar surface area (TPSA) is 108 Å². The molecule has 1 amide bonds. The number of hydrogen-bond acceptors (Lipinski definition) is 3. The van der Waals surface area contributed by atoms with Crippen molar-refractivity contribution < 1.29 is 14.7 Å². The molecule has 1 aromatic heterocycles. The summed E-state index contributed by atoms with van der Waals surface area (Å²) in [7, 11) is 0. The molecule has 20 heavy (non-hydrogen) atoms. The summed E-state index contributed by atoms with van der Waals surface area (Å²) in [5.74, 6) is -1.40. The van der Waals surface area contributed by atoms with Gasteiger partial charge in [-0.15, -0.1) is 0 Å². The Labute approximate surface area is 116 Å². The fraction of sp³-hybridized carbons (Fsp3) is 0.286. The van der Waals surface area contributed by atoms with Crippen molar-refractivity contribution in [3.8, 4) is 0 Å². The number of nitrogens with one attached hydrogen (secondary N) is 2. The van der Waals surface area contributed by atoms with E-state index in [1.54, 1.807) is 6.20 Å². The molecule has 1 unspecified atom stereocenters. The van der Waals surface area contributed by atoms with Crippen LogP contribution in [0.5, 0.6) is 0 Å². The Balaban J connectivity index is 2.15. The fourth-order valence-corrected chi connectivity index (χ4v) is 2.12. The van der Waals surface area contributed by atoms with Crippen molar-refractivity contribution in [2.75, 3.05) is 6.54 Å². The Bertz CT molecular complexity index is 621. The van der Waals surface area contributed by atoms with Crippen molar-refractivity contribution in [2.45, 2.75) is 18.9 Å². The Hall–Kier alpha value is -2.34. The van der Waals surface area contributed by atoms with Crippen LogP contribution >= 0.6 is 0 Å². The normalized spacial score (nSPS) is 12.2. The SMILES string of the molecule is NCCC(=O)NC(Cc1c[nH]c2ccccc12)C(=O)O. The maximum absolute atomic E-state index is 11.5. The molecule has 0 fully saturated rings. The highest BCUT2D eigenvalue weighted by Gasteiger charge is 2.21. The van der Waals surface area contributed by atoms with E-state index in [0.29, 0.717) is 0 Å². The molecule has 0 bridgehead atoms. The number of carboxylic acids is 1. The third-order valence-corrected chi connectivity index (χ3v) is 3.10. The summed E-state index contributed by atoms with van der Waals surface area (Å²) in [6, 6.07) is 6.68. The van der Waals surface area contributed by atoms with Gasteiger partial charge in [-0.2, -0.15) is 0 Å². The minimum atomic E-state index is -1.05. The predicted octanol–water partition coefficient (Wildman–Crippen LogP) is 0.629. The third-order valence-electron chi connectivity index (χ3n) is 3.10. The second kappa shape index (κ2) is 6.21. The molecule has 0 radical (unpaired) electrons. The number of hydrogen-bond donors (Lipinski definition) is 4. The van der Waals surface area contributed by atoms with Crippen LogP contribution in [0.4, 0.5) is 0 Å². The second-order valence-corrected chi connectivity index (χ2v) is 4.56. The van der Waals surface area contributed by atoms with Gasteiger partial charge in [-0.3, -0.25) is 4.79 Å². The lowest BCUT2D eigenvalue weighted by Crippen LogP contribution is -2.42. The van der Waals surface area contributed by atoms with Crippen LogP contribution in [0.15, 0.2) is 30.5 Å². The summed E-state index contributed by atoms with van der Waals surface area (Å²) in [6.07, 6.45) is 2.13. The van der Waals surface area contributed by atoms with Crippen LogP contribution in [0, 0.1) is 0 Å². The Morgan fingerprint density at radius 2 is 2.10 bits per heavy atom. The molecule has 1 heterocycles. The van der Waals surface area contributed by atoms with Crippen molar-refractivity contribution in [1.29, 1.82) is 0 Å². The molecule has 0 saturated heterocycles. The minimum absolute atomic E-state index is 0.123. The average Bonchev–Trinajstić information content (AvgIpc) is 2.82. The second-order valence-electron chi connectivity index (χ2n) is 4.56. The summed E-state index contributed by atoms with van der Waals surface area (Å²) in [4.78, 5) is 25.8. The van der Waals surface area contributed by atoms with Crippen LogP contribution < -0.4 is 11.1 Å². The van der Waals surface area contributed by atoms with Gasteiger partial charge in [-0.05, 0) is 11.6 Å². The van der Waals surface area contributed by atoms with E-state index >= 15 is 0 Å². The molecule has 6 nitrogen and oxygen atoms in total. The van der Waals surface area contributed by atoms with Crippen molar-refractivity contribution in [3.05, 3.63) is 36.0 Å². The zero-order chi connectivity index (χ0) is 14.5. The number of carboxylic acid groups (broad SMARTS) is 1. The van der Waals surface area contributed by atoms with Crippen molar-refractivity contribution in [3.63, 3.8) is 0 Å². The van der Waals surface area contributed by atoms with E-state index in [1.165, 1.54) is 0 Å². The highest BCUT2D eigenvalue weighted by atomic mass is 16.4. The standard InChI is InChI=1S/C14H17N3O3/c15-6-5-13(18)17-12(14(19)20)7-9-8-16-11-4-2-1-3-10(9)11/h1-4,8,12,16H,5-7,15H2,(H,17,18)(H,19,20).